The van der Waals surface area contributed by atoms with Crippen molar-refractivity contribution in [1.29, 1.82) is 0 Å². The van der Waals surface area contributed by atoms with E-state index >= 15 is 0 Å². The highest BCUT2D eigenvalue weighted by molar-refractivity contribution is 7.18. The second kappa shape index (κ2) is 6.93. The Morgan fingerprint density at radius 2 is 2.00 bits per heavy atom. The second-order valence-electron chi connectivity index (χ2n) is 7.27. The van der Waals surface area contributed by atoms with Gasteiger partial charge in [0.25, 0.3) is 5.91 Å². The summed E-state index contributed by atoms with van der Waals surface area (Å²) in [6.45, 7) is 6.00. The average molecular weight is 393 g/mol. The summed E-state index contributed by atoms with van der Waals surface area (Å²) in [6.07, 6.45) is 0. The lowest BCUT2D eigenvalue weighted by Gasteiger charge is -2.31. The molecule has 1 aliphatic heterocycles. The predicted octanol–water partition coefficient (Wildman–Crippen LogP) is 3.84. The number of ether oxygens (including phenoxy) is 1. The van der Waals surface area contributed by atoms with Gasteiger partial charge in [-0.05, 0) is 44.5 Å². The number of benzene rings is 1. The van der Waals surface area contributed by atoms with Crippen LogP contribution in [0.3, 0.4) is 0 Å². The molecule has 7 heteroatoms. The van der Waals surface area contributed by atoms with Crippen molar-refractivity contribution >= 4 is 40.5 Å². The molecule has 1 aromatic carbocycles. The minimum absolute atomic E-state index is 0.139. The zero-order valence-electron chi connectivity index (χ0n) is 14.9. The number of hydrogen-bond donors (Lipinski definition) is 2. The Morgan fingerprint density at radius 1 is 1.27 bits per heavy atom. The van der Waals surface area contributed by atoms with Crippen LogP contribution in [0.1, 0.15) is 36.0 Å². The van der Waals surface area contributed by atoms with Gasteiger partial charge in [-0.1, -0.05) is 29.8 Å². The number of hydrogen-bond acceptors (Lipinski definition) is 5. The molecule has 1 amide bonds. The molecular formula is C19H21ClN2O3S. The Morgan fingerprint density at radius 3 is 2.65 bits per heavy atom. The molecule has 1 unspecified atom stereocenters. The van der Waals surface area contributed by atoms with E-state index in [0.717, 1.165) is 11.3 Å². The fraction of sp³-hybridized carbons (Fsp3) is 0.368. The van der Waals surface area contributed by atoms with Crippen LogP contribution in [0, 0.1) is 0 Å². The maximum atomic E-state index is 13.1. The van der Waals surface area contributed by atoms with Crippen molar-refractivity contribution in [2.24, 2.45) is 0 Å². The van der Waals surface area contributed by atoms with Gasteiger partial charge in [-0.2, -0.15) is 0 Å². The van der Waals surface area contributed by atoms with Crippen molar-refractivity contribution in [3.8, 4) is 0 Å². The minimum atomic E-state index is -0.972. The Bertz CT molecular complexity index is 843. The van der Waals surface area contributed by atoms with Crippen LogP contribution in [0.15, 0.2) is 36.4 Å². The van der Waals surface area contributed by atoms with E-state index in [1.165, 1.54) is 11.3 Å². The van der Waals surface area contributed by atoms with Crippen LogP contribution >= 0.6 is 22.9 Å². The van der Waals surface area contributed by atoms with Crippen LogP contribution in [-0.4, -0.2) is 30.6 Å². The first-order chi connectivity index (χ1) is 12.2. The van der Waals surface area contributed by atoms with Gasteiger partial charge in [-0.25, -0.2) is 0 Å². The fourth-order valence-electron chi connectivity index (χ4n) is 2.94. The highest BCUT2D eigenvalue weighted by Crippen LogP contribution is 2.38. The number of anilines is 1. The predicted molar refractivity (Wildman–Crippen MR) is 104 cm³/mol. The van der Waals surface area contributed by atoms with Gasteiger partial charge in [-0.3, -0.25) is 9.59 Å². The van der Waals surface area contributed by atoms with Crippen LogP contribution in [0.2, 0.25) is 4.34 Å². The lowest BCUT2D eigenvalue weighted by Crippen LogP contribution is -2.50. The summed E-state index contributed by atoms with van der Waals surface area (Å²) in [5.41, 5.74) is 0.124. The zero-order valence-corrected chi connectivity index (χ0v) is 16.5. The number of fused-ring (bicyclic) bond motifs is 1. The smallest absolute Gasteiger partial charge is 0.320 e. The third-order valence-electron chi connectivity index (χ3n) is 4.16. The normalized spacial score (nSPS) is 18.8. The first-order valence-corrected chi connectivity index (χ1v) is 9.51. The minimum Gasteiger partial charge on any atom is -0.459 e. The number of amides is 1. The molecule has 0 radical (unpaired) electrons. The molecule has 5 nitrogen and oxygen atoms in total. The van der Waals surface area contributed by atoms with Crippen molar-refractivity contribution < 1.29 is 14.3 Å². The molecule has 2 N–H and O–H groups in total. The fourth-order valence-corrected chi connectivity index (χ4v) is 3.90. The standard InChI is InChI=1S/C19H21ClN2O3S/c1-18(2,3)25-17(24)19(10-21-13-7-5-4-6-12(13)19)11-22-16(23)14-8-9-15(20)26-14/h4-9,21H,10-11H2,1-3H3,(H,22,23). The summed E-state index contributed by atoms with van der Waals surface area (Å²) in [7, 11) is 0. The number of halogens is 1. The van der Waals surface area contributed by atoms with Gasteiger partial charge >= 0.3 is 5.97 Å². The Balaban J connectivity index is 1.87. The number of carbonyl (C=O) groups is 2. The average Bonchev–Trinajstić information content (AvgIpc) is 3.16. The second-order valence-corrected chi connectivity index (χ2v) is 8.98. The Labute approximate surface area is 161 Å². The van der Waals surface area contributed by atoms with Crippen LogP contribution in [-0.2, 0) is 14.9 Å². The molecule has 0 bridgehead atoms. The molecule has 26 heavy (non-hydrogen) atoms. The molecule has 1 aliphatic rings. The van der Waals surface area contributed by atoms with Gasteiger partial charge in [0.1, 0.15) is 11.0 Å². The highest BCUT2D eigenvalue weighted by atomic mass is 35.5. The number of nitrogens with one attached hydrogen (secondary N) is 2. The van der Waals surface area contributed by atoms with Gasteiger partial charge < -0.3 is 15.4 Å². The van der Waals surface area contributed by atoms with Gasteiger partial charge in [0.05, 0.1) is 9.21 Å². The van der Waals surface area contributed by atoms with Crippen LogP contribution in [0.25, 0.3) is 0 Å². The molecule has 3 rings (SSSR count). The monoisotopic (exact) mass is 392 g/mol. The van der Waals surface area contributed by atoms with Crippen LogP contribution in [0.4, 0.5) is 5.69 Å². The third kappa shape index (κ3) is 3.71. The molecule has 138 valence electrons. The molecule has 0 fully saturated rings. The summed E-state index contributed by atoms with van der Waals surface area (Å²) in [6, 6.07) is 10.9. The van der Waals surface area contributed by atoms with Gasteiger partial charge in [0, 0.05) is 18.8 Å². The lowest BCUT2D eigenvalue weighted by atomic mass is 9.82. The van der Waals surface area contributed by atoms with E-state index in [1.807, 2.05) is 45.0 Å². The summed E-state index contributed by atoms with van der Waals surface area (Å²) < 4.78 is 6.22. The first kappa shape index (κ1) is 18.7. The Hall–Kier alpha value is -2.05. The summed E-state index contributed by atoms with van der Waals surface area (Å²) in [5.74, 6) is -0.610. The molecule has 1 atom stereocenters. The molecule has 0 saturated heterocycles. The van der Waals surface area contributed by atoms with Gasteiger partial charge in [0.15, 0.2) is 0 Å². The molecule has 2 aromatic rings. The number of thiophene rings is 1. The maximum absolute atomic E-state index is 13.1. The van der Waals surface area contributed by atoms with Gasteiger partial charge in [0.2, 0.25) is 0 Å². The van der Waals surface area contributed by atoms with Crippen molar-refractivity contribution in [2.75, 3.05) is 18.4 Å². The van der Waals surface area contributed by atoms with E-state index in [4.69, 9.17) is 16.3 Å². The van der Waals surface area contributed by atoms with Crippen molar-refractivity contribution in [3.05, 3.63) is 51.2 Å². The van der Waals surface area contributed by atoms with Crippen LogP contribution < -0.4 is 10.6 Å². The lowest BCUT2D eigenvalue weighted by molar-refractivity contribution is -0.161. The third-order valence-corrected chi connectivity index (χ3v) is 5.39. The van der Waals surface area contributed by atoms with E-state index in [0.29, 0.717) is 15.8 Å². The zero-order chi connectivity index (χ0) is 18.9. The molecule has 2 heterocycles. The van der Waals surface area contributed by atoms with E-state index < -0.39 is 11.0 Å². The quantitative estimate of drug-likeness (QED) is 0.776. The molecule has 1 aromatic heterocycles. The van der Waals surface area contributed by atoms with E-state index in [1.54, 1.807) is 12.1 Å². The first-order valence-electron chi connectivity index (χ1n) is 8.32. The number of rotatable bonds is 4. The van der Waals surface area contributed by atoms with Crippen LogP contribution in [0.5, 0.6) is 0 Å². The SMILES string of the molecule is CC(C)(C)OC(=O)C1(CNC(=O)c2ccc(Cl)s2)CNc2ccccc21. The molecule has 0 aliphatic carbocycles. The molecule has 0 spiro atoms. The maximum Gasteiger partial charge on any atom is 0.320 e. The number of carbonyl (C=O) groups excluding carboxylic acids is 2. The summed E-state index contributed by atoms with van der Waals surface area (Å²) >= 11 is 7.11. The van der Waals surface area contributed by atoms with Crippen molar-refractivity contribution in [2.45, 2.75) is 31.8 Å². The summed E-state index contributed by atoms with van der Waals surface area (Å²) in [5, 5.41) is 6.13. The number of para-hydroxylation sites is 1. The Kier molecular flexibility index (Phi) is 4.99. The molecular weight excluding hydrogens is 372 g/mol. The van der Waals surface area contributed by atoms with Crippen molar-refractivity contribution in [1.82, 2.24) is 5.32 Å². The van der Waals surface area contributed by atoms with E-state index in [-0.39, 0.29) is 18.4 Å². The van der Waals surface area contributed by atoms with Gasteiger partial charge in [-0.15, -0.1) is 11.3 Å². The highest BCUT2D eigenvalue weighted by Gasteiger charge is 2.48. The van der Waals surface area contributed by atoms with E-state index in [2.05, 4.69) is 10.6 Å². The number of esters is 1. The largest absolute Gasteiger partial charge is 0.459 e. The van der Waals surface area contributed by atoms with Crippen molar-refractivity contribution in [3.63, 3.8) is 0 Å². The summed E-state index contributed by atoms with van der Waals surface area (Å²) in [4.78, 5) is 26.0. The molecule has 0 saturated carbocycles. The topological polar surface area (TPSA) is 67.4 Å². The van der Waals surface area contributed by atoms with E-state index in [9.17, 15) is 9.59 Å².